The van der Waals surface area contributed by atoms with E-state index >= 15 is 0 Å². The summed E-state index contributed by atoms with van der Waals surface area (Å²) in [5.74, 6) is 0.350. The van der Waals surface area contributed by atoms with Gasteiger partial charge in [0.1, 0.15) is 0 Å². The van der Waals surface area contributed by atoms with Gasteiger partial charge in [-0.05, 0) is 54.8 Å². The maximum Gasteiger partial charge on any atom is 0.416 e. The number of halogens is 3. The fourth-order valence-electron chi connectivity index (χ4n) is 2.71. The fraction of sp³-hybridized carbons (Fsp3) is 0.300. The van der Waals surface area contributed by atoms with Crippen LogP contribution in [0.3, 0.4) is 0 Å². The molecule has 1 amide bonds. The first-order valence-corrected chi connectivity index (χ1v) is 9.47. The van der Waals surface area contributed by atoms with Crippen molar-refractivity contribution in [3.8, 4) is 0 Å². The van der Waals surface area contributed by atoms with Crippen LogP contribution in [0.15, 0.2) is 47.5 Å². The fourth-order valence-corrected chi connectivity index (χ4v) is 3.71. The molecule has 3 nitrogen and oxygen atoms in total. The lowest BCUT2D eigenvalue weighted by molar-refractivity contribution is -0.137. The molecule has 2 aromatic rings. The predicted molar refractivity (Wildman–Crippen MR) is 102 cm³/mol. The van der Waals surface area contributed by atoms with E-state index in [1.165, 1.54) is 23.9 Å². The molecule has 0 spiro atoms. The molecule has 0 fully saturated rings. The molecule has 1 heterocycles. The Bertz CT molecular complexity index is 876. The molecular weight excluding hydrogens is 373 g/mol. The summed E-state index contributed by atoms with van der Waals surface area (Å²) in [6.45, 7) is 5.00. The SMILES string of the molecule is Cc1ccc(C(=O)N2CCN=C2SCc2ccc(C(F)(F)F)cc2)cc1C. The zero-order valence-corrected chi connectivity index (χ0v) is 15.8. The maximum absolute atomic E-state index is 12.8. The Balaban J connectivity index is 1.66. The molecule has 0 aliphatic carbocycles. The van der Waals surface area contributed by atoms with Crippen molar-refractivity contribution in [2.75, 3.05) is 13.1 Å². The zero-order valence-electron chi connectivity index (χ0n) is 15.0. The quantitative estimate of drug-likeness (QED) is 0.731. The van der Waals surface area contributed by atoms with Gasteiger partial charge in [0.2, 0.25) is 0 Å². The second-order valence-corrected chi connectivity index (χ2v) is 7.35. The van der Waals surface area contributed by atoms with Crippen LogP contribution in [0.5, 0.6) is 0 Å². The minimum atomic E-state index is -4.34. The topological polar surface area (TPSA) is 32.7 Å². The largest absolute Gasteiger partial charge is 0.416 e. The summed E-state index contributed by atoms with van der Waals surface area (Å²) in [4.78, 5) is 18.8. The lowest BCUT2D eigenvalue weighted by Crippen LogP contribution is -2.32. The number of thioether (sulfide) groups is 1. The molecule has 0 bridgehead atoms. The normalized spacial score (nSPS) is 14.4. The van der Waals surface area contributed by atoms with Crippen LogP contribution in [0.1, 0.15) is 32.6 Å². The monoisotopic (exact) mass is 392 g/mol. The molecule has 1 aliphatic rings. The van der Waals surface area contributed by atoms with Crippen molar-refractivity contribution < 1.29 is 18.0 Å². The molecule has 0 radical (unpaired) electrons. The molecule has 7 heteroatoms. The van der Waals surface area contributed by atoms with Crippen LogP contribution in [0.4, 0.5) is 13.2 Å². The van der Waals surface area contributed by atoms with Gasteiger partial charge in [-0.2, -0.15) is 13.2 Å². The van der Waals surface area contributed by atoms with Crippen molar-refractivity contribution in [3.05, 3.63) is 70.3 Å². The lowest BCUT2D eigenvalue weighted by atomic mass is 10.1. The molecule has 0 saturated heterocycles. The Kier molecular flexibility index (Phi) is 5.60. The molecule has 0 unspecified atom stereocenters. The maximum atomic E-state index is 12.8. The third-order valence-corrected chi connectivity index (χ3v) is 5.54. The van der Waals surface area contributed by atoms with E-state index in [0.717, 1.165) is 28.8 Å². The van der Waals surface area contributed by atoms with Crippen molar-refractivity contribution in [1.29, 1.82) is 0 Å². The Morgan fingerprint density at radius 3 is 2.44 bits per heavy atom. The number of nitrogens with zero attached hydrogens (tertiary/aromatic N) is 2. The molecule has 2 aromatic carbocycles. The highest BCUT2D eigenvalue weighted by Gasteiger charge is 2.30. The standard InChI is InChI=1S/C20H19F3N2OS/c1-13-3-6-16(11-14(13)2)18(26)25-10-9-24-19(25)27-12-15-4-7-17(8-5-15)20(21,22)23/h3-8,11H,9-10,12H2,1-2H3. The first-order chi connectivity index (χ1) is 12.8. The summed E-state index contributed by atoms with van der Waals surface area (Å²) in [5.41, 5.74) is 2.87. The number of hydrogen-bond donors (Lipinski definition) is 0. The Hall–Kier alpha value is -2.28. The summed E-state index contributed by atoms with van der Waals surface area (Å²) < 4.78 is 37.9. The minimum Gasteiger partial charge on any atom is -0.286 e. The number of carbonyl (C=O) groups excluding carboxylic acids is 1. The van der Waals surface area contributed by atoms with Gasteiger partial charge >= 0.3 is 6.18 Å². The minimum absolute atomic E-state index is 0.103. The number of amidine groups is 1. The van der Waals surface area contributed by atoms with Crippen LogP contribution < -0.4 is 0 Å². The number of alkyl halides is 3. The van der Waals surface area contributed by atoms with Gasteiger partial charge in [0.25, 0.3) is 5.91 Å². The highest BCUT2D eigenvalue weighted by Crippen LogP contribution is 2.30. The number of benzene rings is 2. The van der Waals surface area contributed by atoms with Crippen molar-refractivity contribution in [3.63, 3.8) is 0 Å². The second-order valence-electron chi connectivity index (χ2n) is 6.40. The summed E-state index contributed by atoms with van der Waals surface area (Å²) in [5, 5.41) is 0.609. The van der Waals surface area contributed by atoms with E-state index in [-0.39, 0.29) is 5.91 Å². The van der Waals surface area contributed by atoms with Crippen LogP contribution in [0, 0.1) is 13.8 Å². The molecule has 3 rings (SSSR count). The summed E-state index contributed by atoms with van der Waals surface area (Å²) in [6.07, 6.45) is -4.34. The van der Waals surface area contributed by atoms with E-state index in [2.05, 4.69) is 4.99 Å². The highest BCUT2D eigenvalue weighted by atomic mass is 32.2. The van der Waals surface area contributed by atoms with Crippen molar-refractivity contribution in [1.82, 2.24) is 4.90 Å². The van der Waals surface area contributed by atoms with Gasteiger partial charge in [0.15, 0.2) is 5.17 Å². The van der Waals surface area contributed by atoms with E-state index in [0.29, 0.717) is 29.6 Å². The number of carbonyl (C=O) groups is 1. The van der Waals surface area contributed by atoms with Gasteiger partial charge < -0.3 is 0 Å². The van der Waals surface area contributed by atoms with E-state index in [1.54, 1.807) is 11.0 Å². The van der Waals surface area contributed by atoms with E-state index in [4.69, 9.17) is 0 Å². The van der Waals surface area contributed by atoms with E-state index in [1.807, 2.05) is 26.0 Å². The summed E-state index contributed by atoms with van der Waals surface area (Å²) in [7, 11) is 0. The molecule has 0 aromatic heterocycles. The number of hydrogen-bond acceptors (Lipinski definition) is 3. The average molecular weight is 392 g/mol. The van der Waals surface area contributed by atoms with Crippen LogP contribution >= 0.6 is 11.8 Å². The molecule has 0 saturated carbocycles. The van der Waals surface area contributed by atoms with Crippen molar-refractivity contribution >= 4 is 22.8 Å². The van der Waals surface area contributed by atoms with Crippen LogP contribution in [-0.4, -0.2) is 29.1 Å². The molecule has 27 heavy (non-hydrogen) atoms. The number of rotatable bonds is 3. The predicted octanol–water partition coefficient (Wildman–Crippen LogP) is 5.07. The van der Waals surface area contributed by atoms with Gasteiger partial charge in [0.05, 0.1) is 12.1 Å². The van der Waals surface area contributed by atoms with Gasteiger partial charge in [-0.1, -0.05) is 30.0 Å². The molecule has 1 aliphatic heterocycles. The Morgan fingerprint density at radius 2 is 1.81 bits per heavy atom. The average Bonchev–Trinajstić information content (AvgIpc) is 3.10. The zero-order chi connectivity index (χ0) is 19.6. The second kappa shape index (κ2) is 7.76. The number of aliphatic imine (C=N–C) groups is 1. The van der Waals surface area contributed by atoms with Gasteiger partial charge in [0, 0.05) is 17.9 Å². The molecule has 0 N–H and O–H groups in total. The number of amides is 1. The smallest absolute Gasteiger partial charge is 0.286 e. The lowest BCUT2D eigenvalue weighted by Gasteiger charge is -2.18. The van der Waals surface area contributed by atoms with Gasteiger partial charge in [-0.3, -0.25) is 14.7 Å². The van der Waals surface area contributed by atoms with Crippen LogP contribution in [0.2, 0.25) is 0 Å². The summed E-state index contributed by atoms with van der Waals surface area (Å²) in [6, 6.07) is 10.7. The van der Waals surface area contributed by atoms with Gasteiger partial charge in [-0.25, -0.2) is 0 Å². The Morgan fingerprint density at radius 1 is 1.11 bits per heavy atom. The third kappa shape index (κ3) is 4.53. The highest BCUT2D eigenvalue weighted by molar-refractivity contribution is 8.13. The van der Waals surface area contributed by atoms with E-state index < -0.39 is 11.7 Å². The van der Waals surface area contributed by atoms with E-state index in [9.17, 15) is 18.0 Å². The van der Waals surface area contributed by atoms with Crippen molar-refractivity contribution in [2.45, 2.75) is 25.8 Å². The molecule has 0 atom stereocenters. The first-order valence-electron chi connectivity index (χ1n) is 8.48. The first kappa shape index (κ1) is 19.5. The van der Waals surface area contributed by atoms with Gasteiger partial charge in [-0.15, -0.1) is 0 Å². The van der Waals surface area contributed by atoms with Crippen molar-refractivity contribution in [2.24, 2.45) is 4.99 Å². The van der Waals surface area contributed by atoms with Crippen LogP contribution in [0.25, 0.3) is 0 Å². The van der Waals surface area contributed by atoms with Crippen LogP contribution in [-0.2, 0) is 11.9 Å². The molecule has 142 valence electrons. The summed E-state index contributed by atoms with van der Waals surface area (Å²) >= 11 is 1.36. The number of aryl methyl sites for hydroxylation is 2. The Labute approximate surface area is 160 Å². The third-order valence-electron chi connectivity index (χ3n) is 4.45. The molecular formula is C20H19F3N2OS.